The zero-order valence-electron chi connectivity index (χ0n) is 10.2. The lowest BCUT2D eigenvalue weighted by Crippen LogP contribution is -2.37. The molecule has 0 saturated carbocycles. The molecule has 1 aliphatic heterocycles. The summed E-state index contributed by atoms with van der Waals surface area (Å²) in [5.74, 6) is 1.25. The lowest BCUT2D eigenvalue weighted by molar-refractivity contribution is 0.199. The molecule has 2 unspecified atom stereocenters. The van der Waals surface area contributed by atoms with Crippen molar-refractivity contribution in [1.82, 2.24) is 4.98 Å². The van der Waals surface area contributed by atoms with Crippen LogP contribution < -0.4 is 4.90 Å². The topological polar surface area (TPSA) is 56.6 Å². The van der Waals surface area contributed by atoms with Crippen LogP contribution in [0.15, 0.2) is 18.3 Å². The Balaban J connectivity index is 2.13. The minimum absolute atomic E-state index is 0.243. The number of hydrogen-bond donors (Lipinski definition) is 2. The van der Waals surface area contributed by atoms with Crippen LogP contribution in [-0.4, -0.2) is 34.9 Å². The van der Waals surface area contributed by atoms with Crippen molar-refractivity contribution in [3.63, 3.8) is 0 Å². The zero-order chi connectivity index (χ0) is 12.3. The molecule has 94 valence electrons. The first kappa shape index (κ1) is 12.3. The molecule has 0 radical (unpaired) electrons. The number of nitrogens with zero attached hydrogens (tertiary/aromatic N) is 2. The van der Waals surface area contributed by atoms with Gasteiger partial charge in [0.2, 0.25) is 0 Å². The highest BCUT2D eigenvalue weighted by atomic mass is 16.3. The van der Waals surface area contributed by atoms with Gasteiger partial charge >= 0.3 is 0 Å². The summed E-state index contributed by atoms with van der Waals surface area (Å²) in [5, 5.41) is 18.8. The molecular weight excluding hydrogens is 216 g/mol. The molecule has 1 aromatic rings. The van der Waals surface area contributed by atoms with E-state index in [1.54, 1.807) is 13.1 Å². The van der Waals surface area contributed by atoms with Crippen molar-refractivity contribution in [3.8, 4) is 0 Å². The molecule has 4 heteroatoms. The largest absolute Gasteiger partial charge is 0.396 e. The average molecular weight is 236 g/mol. The van der Waals surface area contributed by atoms with Crippen molar-refractivity contribution in [1.29, 1.82) is 0 Å². The molecule has 2 heterocycles. The van der Waals surface area contributed by atoms with Crippen LogP contribution in [0.3, 0.4) is 0 Å². The van der Waals surface area contributed by atoms with Crippen molar-refractivity contribution in [2.45, 2.75) is 25.9 Å². The second-order valence-corrected chi connectivity index (χ2v) is 4.76. The van der Waals surface area contributed by atoms with Gasteiger partial charge in [0.15, 0.2) is 0 Å². The molecule has 1 aliphatic rings. The molecule has 0 aliphatic carbocycles. The Labute approximate surface area is 102 Å². The molecule has 1 saturated heterocycles. The van der Waals surface area contributed by atoms with E-state index in [-0.39, 0.29) is 6.61 Å². The maximum atomic E-state index is 9.56. The predicted octanol–water partition coefficient (Wildman–Crippen LogP) is 1.34. The molecule has 2 atom stereocenters. The molecule has 2 N–H and O–H groups in total. The third kappa shape index (κ3) is 2.96. The number of aromatic nitrogens is 1. The predicted molar refractivity (Wildman–Crippen MR) is 66.9 cm³/mol. The van der Waals surface area contributed by atoms with Gasteiger partial charge in [-0.3, -0.25) is 0 Å². The van der Waals surface area contributed by atoms with Crippen molar-refractivity contribution in [2.75, 3.05) is 24.6 Å². The Hall–Kier alpha value is -1.13. The van der Waals surface area contributed by atoms with Crippen LogP contribution in [-0.2, 0) is 0 Å². The summed E-state index contributed by atoms with van der Waals surface area (Å²) in [6.45, 7) is 3.83. The van der Waals surface area contributed by atoms with E-state index in [0.717, 1.165) is 37.3 Å². The first-order chi connectivity index (χ1) is 8.20. The summed E-state index contributed by atoms with van der Waals surface area (Å²) >= 11 is 0. The Bertz CT molecular complexity index is 368. The normalized spacial score (nSPS) is 22.5. The molecule has 0 aromatic carbocycles. The minimum Gasteiger partial charge on any atom is -0.396 e. The maximum Gasteiger partial charge on any atom is 0.128 e. The van der Waals surface area contributed by atoms with Gasteiger partial charge < -0.3 is 15.1 Å². The highest BCUT2D eigenvalue weighted by Crippen LogP contribution is 2.23. The smallest absolute Gasteiger partial charge is 0.128 e. The molecule has 4 nitrogen and oxygen atoms in total. The van der Waals surface area contributed by atoms with Crippen molar-refractivity contribution in [3.05, 3.63) is 23.9 Å². The fourth-order valence-corrected chi connectivity index (χ4v) is 2.29. The van der Waals surface area contributed by atoms with E-state index < -0.39 is 6.10 Å². The third-order valence-electron chi connectivity index (χ3n) is 3.35. The number of pyridine rings is 1. The first-order valence-electron chi connectivity index (χ1n) is 6.20. The van der Waals surface area contributed by atoms with E-state index in [1.165, 1.54) is 0 Å². The fourth-order valence-electron chi connectivity index (χ4n) is 2.29. The van der Waals surface area contributed by atoms with Gasteiger partial charge in [-0.25, -0.2) is 4.98 Å². The summed E-state index contributed by atoms with van der Waals surface area (Å²) in [6, 6.07) is 3.77. The molecule has 0 amide bonds. The Morgan fingerprint density at radius 1 is 1.59 bits per heavy atom. The van der Waals surface area contributed by atoms with E-state index in [0.29, 0.717) is 5.92 Å². The van der Waals surface area contributed by atoms with E-state index in [4.69, 9.17) is 0 Å². The Kier molecular flexibility index (Phi) is 3.97. The Morgan fingerprint density at radius 3 is 3.12 bits per heavy atom. The second kappa shape index (κ2) is 5.47. The Morgan fingerprint density at radius 2 is 2.41 bits per heavy atom. The van der Waals surface area contributed by atoms with Crippen LogP contribution in [0.1, 0.15) is 31.4 Å². The van der Waals surface area contributed by atoms with E-state index in [2.05, 4.69) is 9.88 Å². The first-order valence-corrected chi connectivity index (χ1v) is 6.20. The van der Waals surface area contributed by atoms with Crippen molar-refractivity contribution >= 4 is 5.82 Å². The van der Waals surface area contributed by atoms with Crippen LogP contribution in [0, 0.1) is 5.92 Å². The number of aliphatic hydroxyl groups excluding tert-OH is 2. The van der Waals surface area contributed by atoms with Gasteiger partial charge in [0, 0.05) is 25.9 Å². The van der Waals surface area contributed by atoms with Crippen LogP contribution in [0.5, 0.6) is 0 Å². The lowest BCUT2D eigenvalue weighted by atomic mass is 9.99. The van der Waals surface area contributed by atoms with Crippen LogP contribution in [0.2, 0.25) is 0 Å². The monoisotopic (exact) mass is 236 g/mol. The summed E-state index contributed by atoms with van der Waals surface area (Å²) in [5.41, 5.74) is 0.890. The second-order valence-electron chi connectivity index (χ2n) is 4.76. The number of hydrogen-bond acceptors (Lipinski definition) is 4. The average Bonchev–Trinajstić information content (AvgIpc) is 2.39. The standard InChI is InChI=1S/C13H20N2O2/c1-10(17)12-4-5-14-13(7-12)15-6-2-3-11(8-15)9-16/h4-5,7,10-11,16-17H,2-3,6,8-9H2,1H3. The molecule has 1 aromatic heterocycles. The molecule has 0 bridgehead atoms. The van der Waals surface area contributed by atoms with E-state index >= 15 is 0 Å². The summed E-state index contributed by atoms with van der Waals surface area (Å²) < 4.78 is 0. The van der Waals surface area contributed by atoms with Crippen molar-refractivity contribution < 1.29 is 10.2 Å². The number of anilines is 1. The van der Waals surface area contributed by atoms with Gasteiger partial charge in [0.1, 0.15) is 5.82 Å². The minimum atomic E-state index is -0.463. The van der Waals surface area contributed by atoms with Gasteiger partial charge in [-0.05, 0) is 43.4 Å². The molecule has 1 fully saturated rings. The van der Waals surface area contributed by atoms with Gasteiger partial charge in [-0.1, -0.05) is 0 Å². The highest BCUT2D eigenvalue weighted by Gasteiger charge is 2.20. The van der Waals surface area contributed by atoms with Crippen molar-refractivity contribution in [2.24, 2.45) is 5.92 Å². The summed E-state index contributed by atoms with van der Waals surface area (Å²) in [6.07, 6.45) is 3.45. The van der Waals surface area contributed by atoms with Gasteiger partial charge in [-0.15, -0.1) is 0 Å². The molecule has 2 rings (SSSR count). The molecule has 0 spiro atoms. The van der Waals surface area contributed by atoms with Gasteiger partial charge in [-0.2, -0.15) is 0 Å². The maximum absolute atomic E-state index is 9.56. The number of piperidine rings is 1. The van der Waals surface area contributed by atoms with Crippen LogP contribution >= 0.6 is 0 Å². The molecule has 17 heavy (non-hydrogen) atoms. The fraction of sp³-hybridized carbons (Fsp3) is 0.615. The number of aliphatic hydroxyl groups is 2. The number of rotatable bonds is 3. The molecular formula is C13H20N2O2. The SMILES string of the molecule is CC(O)c1ccnc(N2CCCC(CO)C2)c1. The van der Waals surface area contributed by atoms with E-state index in [1.807, 2.05) is 12.1 Å². The summed E-state index contributed by atoms with van der Waals surface area (Å²) in [7, 11) is 0. The highest BCUT2D eigenvalue weighted by molar-refractivity contribution is 5.42. The lowest BCUT2D eigenvalue weighted by Gasteiger charge is -2.33. The zero-order valence-corrected chi connectivity index (χ0v) is 10.2. The van der Waals surface area contributed by atoms with Crippen LogP contribution in [0.4, 0.5) is 5.82 Å². The van der Waals surface area contributed by atoms with Crippen LogP contribution in [0.25, 0.3) is 0 Å². The quantitative estimate of drug-likeness (QED) is 0.831. The summed E-state index contributed by atoms with van der Waals surface area (Å²) in [4.78, 5) is 6.54. The van der Waals surface area contributed by atoms with Gasteiger partial charge in [0.05, 0.1) is 6.10 Å². The van der Waals surface area contributed by atoms with E-state index in [9.17, 15) is 10.2 Å². The van der Waals surface area contributed by atoms with Gasteiger partial charge in [0.25, 0.3) is 0 Å². The third-order valence-corrected chi connectivity index (χ3v) is 3.35.